The molecule has 1 aromatic rings. The number of rotatable bonds is 4. The van der Waals surface area contributed by atoms with Gasteiger partial charge in [-0.15, -0.1) is 0 Å². The number of hydrogen-bond acceptors (Lipinski definition) is 4. The highest BCUT2D eigenvalue weighted by Gasteiger charge is 2.13. The van der Waals surface area contributed by atoms with Crippen molar-refractivity contribution in [3.05, 3.63) is 29.3 Å². The van der Waals surface area contributed by atoms with Gasteiger partial charge in [-0.2, -0.15) is 0 Å². The molecule has 1 aliphatic heterocycles. The zero-order chi connectivity index (χ0) is 13.8. The van der Waals surface area contributed by atoms with Gasteiger partial charge in [0.15, 0.2) is 5.96 Å². The first kappa shape index (κ1) is 13.7. The van der Waals surface area contributed by atoms with Crippen LogP contribution in [0, 0.1) is 6.92 Å². The second-order valence-corrected chi connectivity index (χ2v) is 5.37. The van der Waals surface area contributed by atoms with E-state index >= 15 is 0 Å². The minimum atomic E-state index is 0.183. The van der Waals surface area contributed by atoms with Crippen LogP contribution in [0.15, 0.2) is 23.2 Å². The fraction of sp³-hybridized carbons (Fsp3) is 0.533. The lowest BCUT2D eigenvalue weighted by Gasteiger charge is -2.16. The fourth-order valence-electron chi connectivity index (χ4n) is 2.01. The Labute approximate surface area is 115 Å². The Balaban J connectivity index is 2.02. The van der Waals surface area contributed by atoms with Gasteiger partial charge in [-0.3, -0.25) is 4.99 Å². The van der Waals surface area contributed by atoms with Crippen molar-refractivity contribution in [1.29, 1.82) is 0 Å². The molecule has 1 aromatic carbocycles. The number of aliphatic imine (C=N–C) groups is 1. The molecule has 1 atom stereocenters. The number of benzene rings is 1. The number of aryl methyl sites for hydroxylation is 1. The van der Waals surface area contributed by atoms with Crippen molar-refractivity contribution in [1.82, 2.24) is 10.6 Å². The standard InChI is InChI=1S/C15H23N3O/c1-10(2)19-14-7-11(3)5-6-13(14)9-17-15-16-8-12(4)18-15/h5-7,10,12H,8-9H2,1-4H3,(H2,16,17,18). The number of guanidine groups is 1. The number of ether oxygens (including phenoxy) is 1. The van der Waals surface area contributed by atoms with E-state index in [9.17, 15) is 0 Å². The van der Waals surface area contributed by atoms with E-state index in [1.165, 1.54) is 5.56 Å². The van der Waals surface area contributed by atoms with E-state index in [4.69, 9.17) is 4.74 Å². The van der Waals surface area contributed by atoms with Gasteiger partial charge in [0.2, 0.25) is 0 Å². The molecule has 0 spiro atoms. The molecule has 1 aliphatic rings. The molecule has 0 radical (unpaired) electrons. The van der Waals surface area contributed by atoms with Gasteiger partial charge in [-0.25, -0.2) is 0 Å². The van der Waals surface area contributed by atoms with Gasteiger partial charge in [0.1, 0.15) is 5.75 Å². The van der Waals surface area contributed by atoms with Gasteiger partial charge in [0.05, 0.1) is 12.6 Å². The number of hydrogen-bond donors (Lipinski definition) is 2. The number of nitrogens with zero attached hydrogens (tertiary/aromatic N) is 1. The van der Waals surface area contributed by atoms with E-state index in [1.807, 2.05) is 13.8 Å². The van der Waals surface area contributed by atoms with E-state index in [0.717, 1.165) is 30.4 Å². The second kappa shape index (κ2) is 5.95. The lowest BCUT2D eigenvalue weighted by molar-refractivity contribution is 0.239. The van der Waals surface area contributed by atoms with Gasteiger partial charge >= 0.3 is 0 Å². The first-order valence-corrected chi connectivity index (χ1v) is 6.85. The number of nitrogens with one attached hydrogen (secondary N) is 2. The Morgan fingerprint density at radius 1 is 1.47 bits per heavy atom. The van der Waals surface area contributed by atoms with Crippen molar-refractivity contribution in [2.24, 2.45) is 4.99 Å². The Bertz CT molecular complexity index is 468. The molecule has 0 amide bonds. The van der Waals surface area contributed by atoms with Crippen LogP contribution in [0.1, 0.15) is 31.9 Å². The van der Waals surface area contributed by atoms with E-state index < -0.39 is 0 Å². The van der Waals surface area contributed by atoms with Crippen molar-refractivity contribution in [3.63, 3.8) is 0 Å². The molecule has 0 saturated carbocycles. The maximum absolute atomic E-state index is 5.86. The van der Waals surface area contributed by atoms with Crippen LogP contribution in [0.25, 0.3) is 0 Å². The zero-order valence-corrected chi connectivity index (χ0v) is 12.2. The van der Waals surface area contributed by atoms with Gasteiger partial charge in [-0.05, 0) is 39.3 Å². The van der Waals surface area contributed by atoms with Crippen LogP contribution in [-0.2, 0) is 6.54 Å². The highest BCUT2D eigenvalue weighted by molar-refractivity contribution is 5.81. The molecule has 0 aromatic heterocycles. The molecule has 104 valence electrons. The minimum absolute atomic E-state index is 0.183. The largest absolute Gasteiger partial charge is 0.491 e. The lowest BCUT2D eigenvalue weighted by Crippen LogP contribution is -2.37. The summed E-state index contributed by atoms with van der Waals surface area (Å²) < 4.78 is 5.86. The van der Waals surface area contributed by atoms with Crippen LogP contribution in [0.4, 0.5) is 0 Å². The van der Waals surface area contributed by atoms with Gasteiger partial charge in [-0.1, -0.05) is 12.1 Å². The van der Waals surface area contributed by atoms with Gasteiger partial charge in [0.25, 0.3) is 0 Å². The van der Waals surface area contributed by atoms with E-state index in [1.54, 1.807) is 0 Å². The highest BCUT2D eigenvalue weighted by atomic mass is 16.5. The molecule has 0 aliphatic carbocycles. The van der Waals surface area contributed by atoms with Crippen molar-refractivity contribution >= 4 is 5.96 Å². The normalized spacial score (nSPS) is 18.2. The molecule has 0 saturated heterocycles. The van der Waals surface area contributed by atoms with Crippen molar-refractivity contribution < 1.29 is 4.74 Å². The molecule has 0 bridgehead atoms. The summed E-state index contributed by atoms with van der Waals surface area (Å²) in [7, 11) is 0. The molecule has 4 heteroatoms. The molecular weight excluding hydrogens is 238 g/mol. The van der Waals surface area contributed by atoms with E-state index in [2.05, 4.69) is 47.7 Å². The molecule has 19 heavy (non-hydrogen) atoms. The Hall–Kier alpha value is -1.71. The average Bonchev–Trinajstić information content (AvgIpc) is 2.73. The zero-order valence-electron chi connectivity index (χ0n) is 12.2. The van der Waals surface area contributed by atoms with Gasteiger partial charge < -0.3 is 15.4 Å². The first-order valence-electron chi connectivity index (χ1n) is 6.85. The molecule has 2 N–H and O–H groups in total. The quantitative estimate of drug-likeness (QED) is 0.873. The summed E-state index contributed by atoms with van der Waals surface area (Å²) in [5.41, 5.74) is 2.37. The topological polar surface area (TPSA) is 45.7 Å². The summed E-state index contributed by atoms with van der Waals surface area (Å²) in [6.07, 6.45) is 0.183. The summed E-state index contributed by atoms with van der Waals surface area (Å²) in [6.45, 7) is 9.85. The lowest BCUT2D eigenvalue weighted by atomic mass is 10.1. The van der Waals surface area contributed by atoms with Crippen molar-refractivity contribution in [2.75, 3.05) is 6.54 Å². The van der Waals surface area contributed by atoms with Crippen LogP contribution in [0.2, 0.25) is 0 Å². The first-order chi connectivity index (χ1) is 9.04. The molecule has 1 heterocycles. The average molecular weight is 261 g/mol. The SMILES string of the molecule is Cc1ccc(CNC2=NCC(C)N2)c(OC(C)C)c1. The third kappa shape index (κ3) is 3.88. The van der Waals surface area contributed by atoms with Crippen LogP contribution in [0.5, 0.6) is 5.75 Å². The second-order valence-electron chi connectivity index (χ2n) is 5.37. The Morgan fingerprint density at radius 2 is 2.26 bits per heavy atom. The summed E-state index contributed by atoms with van der Waals surface area (Å²) in [5.74, 6) is 1.83. The third-order valence-corrected chi connectivity index (χ3v) is 2.94. The minimum Gasteiger partial charge on any atom is -0.491 e. The van der Waals surface area contributed by atoms with Crippen LogP contribution in [0.3, 0.4) is 0 Å². The predicted octanol–water partition coefficient (Wildman–Crippen LogP) is 2.22. The van der Waals surface area contributed by atoms with Gasteiger partial charge in [0, 0.05) is 18.2 Å². The van der Waals surface area contributed by atoms with Crippen LogP contribution in [-0.4, -0.2) is 24.7 Å². The summed E-state index contributed by atoms with van der Waals surface area (Å²) in [4.78, 5) is 4.39. The maximum atomic E-state index is 5.86. The van der Waals surface area contributed by atoms with E-state index in [-0.39, 0.29) is 6.10 Å². The monoisotopic (exact) mass is 261 g/mol. The predicted molar refractivity (Wildman–Crippen MR) is 78.7 cm³/mol. The molecule has 4 nitrogen and oxygen atoms in total. The summed E-state index contributed by atoms with van der Waals surface area (Å²) in [5, 5.41) is 6.61. The highest BCUT2D eigenvalue weighted by Crippen LogP contribution is 2.21. The molecule has 0 fully saturated rings. The summed E-state index contributed by atoms with van der Waals surface area (Å²) >= 11 is 0. The smallest absolute Gasteiger partial charge is 0.191 e. The maximum Gasteiger partial charge on any atom is 0.191 e. The van der Waals surface area contributed by atoms with Crippen molar-refractivity contribution in [2.45, 2.75) is 46.4 Å². The van der Waals surface area contributed by atoms with Crippen molar-refractivity contribution in [3.8, 4) is 5.75 Å². The van der Waals surface area contributed by atoms with Crippen LogP contribution < -0.4 is 15.4 Å². The van der Waals surface area contributed by atoms with E-state index in [0.29, 0.717) is 6.04 Å². The fourth-order valence-corrected chi connectivity index (χ4v) is 2.01. The Morgan fingerprint density at radius 3 is 2.89 bits per heavy atom. The molecule has 2 rings (SSSR count). The summed E-state index contributed by atoms with van der Waals surface area (Å²) in [6, 6.07) is 6.73. The van der Waals surface area contributed by atoms with Crippen LogP contribution >= 0.6 is 0 Å². The Kier molecular flexibility index (Phi) is 4.30. The molecule has 1 unspecified atom stereocenters. The third-order valence-electron chi connectivity index (χ3n) is 2.94. The molecular formula is C15H23N3O.